The minimum absolute atomic E-state index is 0.180. The van der Waals surface area contributed by atoms with Crippen LogP contribution in [-0.2, 0) is 0 Å². The van der Waals surface area contributed by atoms with Gasteiger partial charge in [0.2, 0.25) is 0 Å². The second-order valence-electron chi connectivity index (χ2n) is 7.49. The lowest BCUT2D eigenvalue weighted by molar-refractivity contribution is 0.236. The van der Waals surface area contributed by atoms with Crippen molar-refractivity contribution >= 4 is 11.7 Å². The number of ether oxygens (including phenoxy) is 3. The average molecular weight is 414 g/mol. The van der Waals surface area contributed by atoms with Crippen molar-refractivity contribution in [3.8, 4) is 17.2 Å². The Morgan fingerprint density at radius 1 is 1.10 bits per heavy atom. The molecule has 2 aromatic rings. The monoisotopic (exact) mass is 413 g/mol. The van der Waals surface area contributed by atoms with Crippen LogP contribution in [0.5, 0.6) is 17.2 Å². The number of carbonyl (C=O) groups excluding carboxylic acids is 1. The standard InChI is InChI=1S/C23H31N3O4/c1-16(21-9-8-20(29-3)13-22(21)30-4)25-23(27)24-14-17-10-11-26(15-17)18-6-5-7-19(12-18)28-2/h5-9,12-13,16-17H,10-11,14-15H2,1-4H3,(H2,24,25,27). The summed E-state index contributed by atoms with van der Waals surface area (Å²) in [7, 11) is 4.90. The van der Waals surface area contributed by atoms with E-state index in [1.807, 2.05) is 43.3 Å². The van der Waals surface area contributed by atoms with E-state index in [4.69, 9.17) is 14.2 Å². The van der Waals surface area contributed by atoms with Gasteiger partial charge < -0.3 is 29.7 Å². The third kappa shape index (κ3) is 5.28. The van der Waals surface area contributed by atoms with Crippen molar-refractivity contribution in [3.63, 3.8) is 0 Å². The smallest absolute Gasteiger partial charge is 0.315 e. The van der Waals surface area contributed by atoms with Gasteiger partial charge in [0.05, 0.1) is 27.4 Å². The fourth-order valence-corrected chi connectivity index (χ4v) is 3.78. The number of nitrogens with zero attached hydrogens (tertiary/aromatic N) is 1. The molecule has 2 unspecified atom stereocenters. The van der Waals surface area contributed by atoms with Gasteiger partial charge in [-0.2, -0.15) is 0 Å². The van der Waals surface area contributed by atoms with Crippen LogP contribution in [-0.4, -0.2) is 47.0 Å². The van der Waals surface area contributed by atoms with Crippen LogP contribution in [0.25, 0.3) is 0 Å². The minimum atomic E-state index is -0.192. The molecule has 2 atom stereocenters. The molecule has 162 valence electrons. The quantitative estimate of drug-likeness (QED) is 0.692. The molecule has 0 aromatic heterocycles. The third-order valence-corrected chi connectivity index (χ3v) is 5.51. The topological polar surface area (TPSA) is 72.1 Å². The Morgan fingerprint density at radius 3 is 2.60 bits per heavy atom. The Balaban J connectivity index is 1.49. The molecule has 0 spiro atoms. The molecule has 1 saturated heterocycles. The van der Waals surface area contributed by atoms with Crippen molar-refractivity contribution in [1.29, 1.82) is 0 Å². The minimum Gasteiger partial charge on any atom is -0.497 e. The van der Waals surface area contributed by atoms with Gasteiger partial charge in [0.25, 0.3) is 0 Å². The maximum Gasteiger partial charge on any atom is 0.315 e. The molecule has 7 heteroatoms. The third-order valence-electron chi connectivity index (χ3n) is 5.51. The SMILES string of the molecule is COc1cccc(N2CCC(CNC(=O)NC(C)c3ccc(OC)cc3OC)C2)c1. The maximum atomic E-state index is 12.4. The zero-order valence-corrected chi connectivity index (χ0v) is 18.1. The number of amides is 2. The summed E-state index contributed by atoms with van der Waals surface area (Å²) in [6, 6.07) is 13.3. The zero-order valence-electron chi connectivity index (χ0n) is 18.1. The second kappa shape index (κ2) is 10.1. The average Bonchev–Trinajstić information content (AvgIpc) is 3.26. The first-order valence-corrected chi connectivity index (χ1v) is 10.2. The van der Waals surface area contributed by atoms with E-state index in [1.165, 1.54) is 0 Å². The number of nitrogens with one attached hydrogen (secondary N) is 2. The van der Waals surface area contributed by atoms with E-state index in [9.17, 15) is 4.79 Å². The summed E-state index contributed by atoms with van der Waals surface area (Å²) in [5.74, 6) is 2.67. The van der Waals surface area contributed by atoms with Crippen LogP contribution in [0.1, 0.15) is 24.9 Å². The van der Waals surface area contributed by atoms with E-state index < -0.39 is 0 Å². The molecule has 0 saturated carbocycles. The molecule has 2 N–H and O–H groups in total. The van der Waals surface area contributed by atoms with E-state index in [0.29, 0.717) is 24.0 Å². The van der Waals surface area contributed by atoms with Gasteiger partial charge in [-0.1, -0.05) is 6.07 Å². The lowest BCUT2D eigenvalue weighted by Crippen LogP contribution is -2.40. The highest BCUT2D eigenvalue weighted by atomic mass is 16.5. The van der Waals surface area contributed by atoms with Crippen molar-refractivity contribution in [2.75, 3.05) is 45.9 Å². The number of carbonyl (C=O) groups is 1. The highest BCUT2D eigenvalue weighted by Gasteiger charge is 2.24. The summed E-state index contributed by atoms with van der Waals surface area (Å²) >= 11 is 0. The number of rotatable bonds is 8. The number of hydrogen-bond donors (Lipinski definition) is 2. The first kappa shape index (κ1) is 21.6. The Bertz CT molecular complexity index is 858. The summed E-state index contributed by atoms with van der Waals surface area (Å²) in [4.78, 5) is 14.8. The van der Waals surface area contributed by atoms with Crippen LogP contribution in [0.2, 0.25) is 0 Å². The molecule has 0 bridgehead atoms. The van der Waals surface area contributed by atoms with Gasteiger partial charge >= 0.3 is 6.03 Å². The fourth-order valence-electron chi connectivity index (χ4n) is 3.78. The summed E-state index contributed by atoms with van der Waals surface area (Å²) < 4.78 is 16.0. The van der Waals surface area contributed by atoms with Gasteiger partial charge in [0.15, 0.2) is 0 Å². The predicted molar refractivity (Wildman–Crippen MR) is 118 cm³/mol. The molecule has 1 aliphatic rings. The Labute approximate surface area is 178 Å². The number of hydrogen-bond acceptors (Lipinski definition) is 5. The van der Waals surface area contributed by atoms with Crippen molar-refractivity contribution in [1.82, 2.24) is 10.6 Å². The lowest BCUT2D eigenvalue weighted by atomic mass is 10.1. The second-order valence-corrected chi connectivity index (χ2v) is 7.49. The van der Waals surface area contributed by atoms with E-state index in [1.54, 1.807) is 21.3 Å². The number of methoxy groups -OCH3 is 3. The van der Waals surface area contributed by atoms with Crippen LogP contribution in [0.4, 0.5) is 10.5 Å². The molecule has 0 aliphatic carbocycles. The van der Waals surface area contributed by atoms with Crippen molar-refractivity contribution in [2.45, 2.75) is 19.4 Å². The Kier molecular flexibility index (Phi) is 7.27. The maximum absolute atomic E-state index is 12.4. The summed E-state index contributed by atoms with van der Waals surface area (Å²) in [5, 5.41) is 6.00. The molecular weight excluding hydrogens is 382 g/mol. The number of anilines is 1. The summed E-state index contributed by atoms with van der Waals surface area (Å²) in [6.07, 6.45) is 1.04. The molecule has 7 nitrogen and oxygen atoms in total. The summed E-state index contributed by atoms with van der Waals surface area (Å²) in [6.45, 7) is 4.46. The van der Waals surface area contributed by atoms with Crippen LogP contribution in [0.3, 0.4) is 0 Å². The molecule has 0 radical (unpaired) electrons. The molecule has 2 aromatic carbocycles. The predicted octanol–water partition coefficient (Wildman–Crippen LogP) is 3.60. The fraction of sp³-hybridized carbons (Fsp3) is 0.435. The molecule has 1 aliphatic heterocycles. The molecular formula is C23H31N3O4. The molecule has 30 heavy (non-hydrogen) atoms. The molecule has 2 amide bonds. The molecule has 1 fully saturated rings. The highest BCUT2D eigenvalue weighted by Crippen LogP contribution is 2.29. The molecule has 1 heterocycles. The van der Waals surface area contributed by atoms with Gasteiger partial charge in [-0.05, 0) is 43.5 Å². The van der Waals surface area contributed by atoms with Crippen molar-refractivity contribution in [3.05, 3.63) is 48.0 Å². The number of benzene rings is 2. The van der Waals surface area contributed by atoms with Crippen LogP contribution < -0.4 is 29.7 Å². The van der Waals surface area contributed by atoms with Crippen LogP contribution in [0, 0.1) is 5.92 Å². The lowest BCUT2D eigenvalue weighted by Gasteiger charge is -2.20. The van der Waals surface area contributed by atoms with Crippen LogP contribution >= 0.6 is 0 Å². The van der Waals surface area contributed by atoms with Crippen LogP contribution in [0.15, 0.2) is 42.5 Å². The molecule has 3 rings (SSSR count). The number of urea groups is 1. The normalized spacial score (nSPS) is 16.7. The van der Waals surface area contributed by atoms with E-state index in [2.05, 4.69) is 21.6 Å². The van der Waals surface area contributed by atoms with E-state index in [-0.39, 0.29) is 12.1 Å². The highest BCUT2D eigenvalue weighted by molar-refractivity contribution is 5.74. The van der Waals surface area contributed by atoms with Gasteiger partial charge in [-0.15, -0.1) is 0 Å². The summed E-state index contributed by atoms with van der Waals surface area (Å²) in [5.41, 5.74) is 2.06. The Morgan fingerprint density at radius 2 is 1.87 bits per heavy atom. The van der Waals surface area contributed by atoms with Gasteiger partial charge in [-0.25, -0.2) is 4.79 Å². The van der Waals surface area contributed by atoms with Crippen molar-refractivity contribution in [2.24, 2.45) is 5.92 Å². The zero-order chi connectivity index (χ0) is 21.5. The van der Waals surface area contributed by atoms with E-state index in [0.717, 1.165) is 36.5 Å². The van der Waals surface area contributed by atoms with Gasteiger partial charge in [0, 0.05) is 43.0 Å². The Hall–Kier alpha value is -3.09. The van der Waals surface area contributed by atoms with Gasteiger partial charge in [-0.3, -0.25) is 0 Å². The van der Waals surface area contributed by atoms with Gasteiger partial charge in [0.1, 0.15) is 17.2 Å². The van der Waals surface area contributed by atoms with Crippen molar-refractivity contribution < 1.29 is 19.0 Å². The largest absolute Gasteiger partial charge is 0.497 e. The first-order valence-electron chi connectivity index (χ1n) is 10.2. The first-order chi connectivity index (χ1) is 14.5. The van der Waals surface area contributed by atoms with E-state index >= 15 is 0 Å².